The maximum atomic E-state index is 7.93. The molecule has 0 saturated heterocycles. The minimum absolute atomic E-state index is 0.853. The second-order valence-corrected chi connectivity index (χ2v) is 9.59. The molecule has 1 aliphatic rings. The lowest BCUT2D eigenvalue weighted by molar-refractivity contribution is 1.30. The Morgan fingerprint density at radius 3 is 2.05 bits per heavy atom. The van der Waals surface area contributed by atoms with Gasteiger partial charge in [0, 0.05) is 12.4 Å². The predicted octanol–water partition coefficient (Wildman–Crippen LogP) is 9.45. The van der Waals surface area contributed by atoms with Gasteiger partial charge in [-0.1, -0.05) is 97.1 Å². The number of nitrogens with zero attached hydrogens (tertiary/aromatic N) is 1. The highest BCUT2D eigenvalue weighted by molar-refractivity contribution is 6.20. The van der Waals surface area contributed by atoms with Gasteiger partial charge in [-0.3, -0.25) is 4.98 Å². The van der Waals surface area contributed by atoms with Gasteiger partial charge in [0.25, 0.3) is 0 Å². The van der Waals surface area contributed by atoms with E-state index in [1.165, 1.54) is 61.1 Å². The fourth-order valence-electron chi connectivity index (χ4n) is 5.59. The van der Waals surface area contributed by atoms with Crippen molar-refractivity contribution in [3.8, 4) is 33.4 Å². The quantitative estimate of drug-likeness (QED) is 0.192. The molecule has 0 unspecified atom stereocenters. The fraction of sp³-hybridized carbons (Fsp3) is 0. The van der Waals surface area contributed by atoms with E-state index < -0.39 is 0 Å². The monoisotopic (exact) mass is 484 g/mol. The summed E-state index contributed by atoms with van der Waals surface area (Å²) in [6.45, 7) is 0. The number of nitrogens with one attached hydrogen (secondary N) is 1. The fourth-order valence-corrected chi connectivity index (χ4v) is 5.59. The summed E-state index contributed by atoms with van der Waals surface area (Å²) in [5, 5.41) is 13.1. The maximum absolute atomic E-state index is 7.93. The van der Waals surface area contributed by atoms with Crippen LogP contribution in [0.2, 0.25) is 0 Å². The normalized spacial score (nSPS) is 12.4. The summed E-state index contributed by atoms with van der Waals surface area (Å²) >= 11 is 0. The Balaban J connectivity index is 1.27. The number of rotatable bonds is 5. The number of allylic oxidation sites excluding steroid dienone is 3. The van der Waals surface area contributed by atoms with Gasteiger partial charge in [0.2, 0.25) is 0 Å². The first-order valence-corrected chi connectivity index (χ1v) is 12.8. The third kappa shape index (κ3) is 3.66. The molecule has 0 fully saturated rings. The van der Waals surface area contributed by atoms with E-state index in [9.17, 15) is 0 Å². The van der Waals surface area contributed by atoms with Gasteiger partial charge in [-0.25, -0.2) is 0 Å². The average molecular weight is 485 g/mol. The highest BCUT2D eigenvalue weighted by atomic mass is 14.6. The molecule has 0 amide bonds. The molecular formula is C36H24N2. The number of aromatic nitrogens is 1. The van der Waals surface area contributed by atoms with Crippen LogP contribution in [0.5, 0.6) is 0 Å². The minimum atomic E-state index is 0.853. The van der Waals surface area contributed by atoms with E-state index in [-0.39, 0.29) is 0 Å². The molecule has 0 saturated carbocycles. The Labute approximate surface area is 221 Å². The van der Waals surface area contributed by atoms with Gasteiger partial charge < -0.3 is 5.41 Å². The van der Waals surface area contributed by atoms with E-state index in [1.54, 1.807) is 6.20 Å². The van der Waals surface area contributed by atoms with Crippen LogP contribution in [-0.4, -0.2) is 11.2 Å². The lowest BCUT2D eigenvalue weighted by atomic mass is 9.93. The lowest BCUT2D eigenvalue weighted by Gasteiger charge is -2.10. The van der Waals surface area contributed by atoms with Crippen LogP contribution in [0.3, 0.4) is 0 Å². The highest BCUT2D eigenvalue weighted by Crippen LogP contribution is 2.50. The molecule has 0 aliphatic heterocycles. The standard InChI is InChI=1S/C36H24N2/c37-23-28(9-5-11-29-10-3-4-20-38-29)24-14-16-25(17-15-24)30-18-19-33-35-22-27-8-2-1-7-26(27)21-34(35)32-13-6-12-31(30)36(32)33/h1-23,37H/b11-5+,28-9+,37-23?. The largest absolute Gasteiger partial charge is 0.308 e. The van der Waals surface area contributed by atoms with Crippen LogP contribution in [-0.2, 0) is 0 Å². The molecule has 1 aromatic heterocycles. The Kier molecular flexibility index (Phi) is 5.30. The number of benzene rings is 5. The van der Waals surface area contributed by atoms with Crippen LogP contribution < -0.4 is 0 Å². The third-order valence-corrected chi connectivity index (χ3v) is 7.42. The lowest BCUT2D eigenvalue weighted by Crippen LogP contribution is -1.87. The van der Waals surface area contributed by atoms with Crippen LogP contribution in [0.25, 0.3) is 66.6 Å². The Bertz CT molecular complexity index is 1860. The Morgan fingerprint density at radius 1 is 0.632 bits per heavy atom. The van der Waals surface area contributed by atoms with E-state index in [4.69, 9.17) is 5.41 Å². The van der Waals surface area contributed by atoms with E-state index in [2.05, 4.69) is 96.0 Å². The van der Waals surface area contributed by atoms with Gasteiger partial charge >= 0.3 is 0 Å². The van der Waals surface area contributed by atoms with Gasteiger partial charge in [-0.05, 0) is 96.4 Å². The molecule has 0 bridgehead atoms. The van der Waals surface area contributed by atoms with Crippen molar-refractivity contribution in [3.63, 3.8) is 0 Å². The second kappa shape index (κ2) is 9.10. The summed E-state index contributed by atoms with van der Waals surface area (Å²) in [4.78, 5) is 4.32. The molecular weight excluding hydrogens is 460 g/mol. The molecule has 1 heterocycles. The van der Waals surface area contributed by atoms with Crippen LogP contribution >= 0.6 is 0 Å². The minimum Gasteiger partial charge on any atom is -0.308 e. The van der Waals surface area contributed by atoms with Crippen molar-refractivity contribution >= 4 is 39.4 Å². The average Bonchev–Trinajstić information content (AvgIpc) is 3.29. The maximum Gasteiger partial charge on any atom is 0.0629 e. The van der Waals surface area contributed by atoms with Crippen molar-refractivity contribution < 1.29 is 0 Å². The van der Waals surface area contributed by atoms with Crippen molar-refractivity contribution in [2.24, 2.45) is 0 Å². The van der Waals surface area contributed by atoms with Gasteiger partial charge in [0.15, 0.2) is 0 Å². The van der Waals surface area contributed by atoms with Gasteiger partial charge in [0.1, 0.15) is 0 Å². The molecule has 7 rings (SSSR count). The molecule has 38 heavy (non-hydrogen) atoms. The number of hydrogen-bond donors (Lipinski definition) is 1. The van der Waals surface area contributed by atoms with E-state index in [1.807, 2.05) is 36.4 Å². The van der Waals surface area contributed by atoms with Crippen molar-refractivity contribution in [2.45, 2.75) is 0 Å². The van der Waals surface area contributed by atoms with E-state index in [0.717, 1.165) is 16.8 Å². The molecule has 2 heteroatoms. The smallest absolute Gasteiger partial charge is 0.0629 e. The van der Waals surface area contributed by atoms with Crippen LogP contribution in [0.4, 0.5) is 0 Å². The molecule has 0 radical (unpaired) electrons. The number of fused-ring (bicyclic) bond motifs is 4. The summed E-state index contributed by atoms with van der Waals surface area (Å²) in [5.41, 5.74) is 10.4. The first-order chi connectivity index (χ1) is 18.8. The molecule has 1 N–H and O–H groups in total. The van der Waals surface area contributed by atoms with Crippen LogP contribution in [0, 0.1) is 5.41 Å². The second-order valence-electron chi connectivity index (χ2n) is 9.59. The van der Waals surface area contributed by atoms with Crippen molar-refractivity contribution in [1.29, 1.82) is 5.41 Å². The van der Waals surface area contributed by atoms with E-state index in [0.29, 0.717) is 0 Å². The molecule has 1 aliphatic carbocycles. The first kappa shape index (κ1) is 22.1. The summed E-state index contributed by atoms with van der Waals surface area (Å²) in [6, 6.07) is 38.8. The van der Waals surface area contributed by atoms with Gasteiger partial charge in [-0.2, -0.15) is 0 Å². The Hall–Kier alpha value is -5.08. The number of hydrogen-bond acceptors (Lipinski definition) is 2. The summed E-state index contributed by atoms with van der Waals surface area (Å²) in [6.07, 6.45) is 9.03. The van der Waals surface area contributed by atoms with Crippen LogP contribution in [0.15, 0.2) is 128 Å². The van der Waals surface area contributed by atoms with Gasteiger partial charge in [0.05, 0.1) is 5.69 Å². The Morgan fingerprint density at radius 2 is 1.34 bits per heavy atom. The molecule has 0 spiro atoms. The molecule has 178 valence electrons. The van der Waals surface area contributed by atoms with Crippen molar-refractivity contribution in [2.75, 3.05) is 0 Å². The third-order valence-electron chi connectivity index (χ3n) is 7.42. The van der Waals surface area contributed by atoms with Crippen molar-refractivity contribution in [1.82, 2.24) is 4.98 Å². The van der Waals surface area contributed by atoms with Crippen LogP contribution in [0.1, 0.15) is 11.3 Å². The molecule has 6 aromatic rings. The zero-order chi connectivity index (χ0) is 25.5. The van der Waals surface area contributed by atoms with Gasteiger partial charge in [-0.15, -0.1) is 0 Å². The van der Waals surface area contributed by atoms with E-state index >= 15 is 0 Å². The first-order valence-electron chi connectivity index (χ1n) is 12.8. The number of pyridine rings is 1. The summed E-state index contributed by atoms with van der Waals surface area (Å²) < 4.78 is 0. The zero-order valence-corrected chi connectivity index (χ0v) is 20.7. The topological polar surface area (TPSA) is 36.7 Å². The van der Waals surface area contributed by atoms with Crippen molar-refractivity contribution in [3.05, 3.63) is 139 Å². The molecule has 0 atom stereocenters. The molecule has 5 aromatic carbocycles. The predicted molar refractivity (Wildman–Crippen MR) is 161 cm³/mol. The summed E-state index contributed by atoms with van der Waals surface area (Å²) in [5.74, 6) is 0. The highest BCUT2D eigenvalue weighted by Gasteiger charge is 2.23. The SMILES string of the molecule is N=C/C(=C\C=C\c1ccccn1)c1ccc(-c2ccc3c4c(cccc24)-c2cc4ccccc4cc2-3)cc1. The summed E-state index contributed by atoms with van der Waals surface area (Å²) in [7, 11) is 0. The zero-order valence-electron chi connectivity index (χ0n) is 20.7. The molecule has 2 nitrogen and oxygen atoms in total.